The minimum absolute atomic E-state index is 0.0317. The molecule has 4 aromatic rings. The summed E-state index contributed by atoms with van der Waals surface area (Å²) in [6.07, 6.45) is 4.53. The Hall–Kier alpha value is -4.06. The molecule has 0 aliphatic rings. The number of halogens is 3. The number of hydrazone groups is 1. The van der Waals surface area contributed by atoms with Crippen molar-refractivity contribution < 1.29 is 13.9 Å². The van der Waals surface area contributed by atoms with Crippen LogP contribution in [0.4, 0.5) is 14.9 Å². The Morgan fingerprint density at radius 1 is 1.21 bits per heavy atom. The fraction of sp³-hybridized carbons (Fsp3) is 0.160. The highest BCUT2D eigenvalue weighted by atomic mass is 35.5. The second-order valence-electron chi connectivity index (χ2n) is 8.24. The van der Waals surface area contributed by atoms with E-state index >= 15 is 0 Å². The summed E-state index contributed by atoms with van der Waals surface area (Å²) in [6, 6.07) is 11.6. The van der Waals surface area contributed by atoms with Crippen LogP contribution in [0.5, 0.6) is 11.5 Å². The third-order valence-electron chi connectivity index (χ3n) is 5.13. The molecule has 0 atom stereocenters. The molecule has 0 saturated heterocycles. The van der Waals surface area contributed by atoms with Crippen LogP contribution in [0.1, 0.15) is 5.56 Å². The topological polar surface area (TPSA) is 110 Å². The predicted octanol–water partition coefficient (Wildman–Crippen LogP) is 5.30. The van der Waals surface area contributed by atoms with Crippen molar-refractivity contribution >= 4 is 41.1 Å². The van der Waals surface area contributed by atoms with E-state index in [1.807, 2.05) is 23.6 Å². The Kier molecular flexibility index (Phi) is 8.85. The van der Waals surface area contributed by atoms with Gasteiger partial charge in [-0.2, -0.15) is 5.10 Å². The van der Waals surface area contributed by atoms with Gasteiger partial charge in [-0.3, -0.25) is 4.98 Å². The molecule has 2 heterocycles. The predicted molar refractivity (Wildman–Crippen MR) is 144 cm³/mol. The lowest BCUT2D eigenvalue weighted by Crippen LogP contribution is -2.24. The van der Waals surface area contributed by atoms with Gasteiger partial charge in [0.1, 0.15) is 17.8 Å². The number of pyridine rings is 1. The molecule has 0 unspecified atom stereocenters. The van der Waals surface area contributed by atoms with E-state index in [2.05, 4.69) is 31.0 Å². The number of amides is 2. The monoisotopic (exact) mass is 556 g/mol. The van der Waals surface area contributed by atoms with E-state index < -0.39 is 11.8 Å². The maximum absolute atomic E-state index is 14.8. The zero-order valence-corrected chi connectivity index (χ0v) is 21.9. The lowest BCUT2D eigenvalue weighted by atomic mass is 10.2. The van der Waals surface area contributed by atoms with Crippen molar-refractivity contribution in [1.82, 2.24) is 30.1 Å². The zero-order valence-electron chi connectivity index (χ0n) is 20.4. The molecule has 0 radical (unpaired) electrons. The van der Waals surface area contributed by atoms with E-state index in [1.54, 1.807) is 42.9 Å². The van der Waals surface area contributed by atoms with Crippen molar-refractivity contribution in [2.75, 3.05) is 26.0 Å². The van der Waals surface area contributed by atoms with Crippen molar-refractivity contribution in [2.24, 2.45) is 5.10 Å². The summed E-state index contributed by atoms with van der Waals surface area (Å²) in [5.74, 6) is 0.229. The number of rotatable bonds is 9. The van der Waals surface area contributed by atoms with E-state index in [9.17, 15) is 9.18 Å². The van der Waals surface area contributed by atoms with Gasteiger partial charge in [0, 0.05) is 42.7 Å². The third kappa shape index (κ3) is 7.03. The van der Waals surface area contributed by atoms with E-state index in [4.69, 9.17) is 27.9 Å². The molecule has 10 nitrogen and oxygen atoms in total. The molecular weight excluding hydrogens is 534 g/mol. The van der Waals surface area contributed by atoms with Crippen molar-refractivity contribution in [3.8, 4) is 23.0 Å². The van der Waals surface area contributed by atoms with Gasteiger partial charge in [-0.15, -0.1) is 10.2 Å². The average Bonchev–Trinajstić information content (AvgIpc) is 3.36. The molecule has 0 bridgehead atoms. The van der Waals surface area contributed by atoms with Crippen molar-refractivity contribution in [3.05, 3.63) is 82.5 Å². The molecule has 0 spiro atoms. The van der Waals surface area contributed by atoms with Crippen LogP contribution < -0.4 is 15.5 Å². The first-order valence-electron chi connectivity index (χ1n) is 11.3. The van der Waals surface area contributed by atoms with Gasteiger partial charge < -0.3 is 19.5 Å². The first-order valence-corrected chi connectivity index (χ1v) is 12.1. The largest absolute Gasteiger partial charge is 0.454 e. The molecule has 0 aliphatic heterocycles. The summed E-state index contributed by atoms with van der Waals surface area (Å²) in [6.45, 7) is 1.48. The maximum atomic E-state index is 14.8. The number of nitrogens with one attached hydrogen (secondary N) is 2. The standard InChI is InChI=1S/C25H23Cl2FN8O2/c1-35(2)10-11-36-15-31-33-24(36)21-13-18(8-9-29-21)38-22-7-6-17(12-20(22)28)32-25(37)34-30-14-16-4-3-5-19(26)23(16)27/h3-9,12-15H,10-11H2,1-2H3,(H2,32,34,37)/b30-14+. The normalized spacial score (nSPS) is 11.2. The van der Waals surface area contributed by atoms with Crippen LogP contribution in [0.15, 0.2) is 66.2 Å². The molecule has 2 aromatic heterocycles. The molecular formula is C25H23Cl2FN8O2. The van der Waals surface area contributed by atoms with Gasteiger partial charge in [-0.05, 0) is 38.4 Å². The first kappa shape index (κ1) is 27.0. The first-order chi connectivity index (χ1) is 18.3. The van der Waals surface area contributed by atoms with Gasteiger partial charge in [-0.1, -0.05) is 35.3 Å². The Balaban J connectivity index is 1.38. The Bertz CT molecular complexity index is 1460. The van der Waals surface area contributed by atoms with Gasteiger partial charge >= 0.3 is 6.03 Å². The summed E-state index contributed by atoms with van der Waals surface area (Å²) in [4.78, 5) is 18.5. The van der Waals surface area contributed by atoms with Gasteiger partial charge in [0.25, 0.3) is 0 Å². The number of likely N-dealkylation sites (N-methyl/N-ethyl adjacent to an activating group) is 1. The highest BCUT2D eigenvalue weighted by Gasteiger charge is 2.13. The molecule has 0 saturated carbocycles. The summed E-state index contributed by atoms with van der Waals surface area (Å²) < 4.78 is 22.4. The van der Waals surface area contributed by atoms with Crippen molar-refractivity contribution in [2.45, 2.75) is 6.54 Å². The van der Waals surface area contributed by atoms with Crippen LogP contribution in [0.3, 0.4) is 0 Å². The number of hydrogen-bond acceptors (Lipinski definition) is 7. The molecule has 2 amide bonds. The molecule has 38 heavy (non-hydrogen) atoms. The second kappa shape index (κ2) is 12.5. The molecule has 196 valence electrons. The number of urea groups is 1. The smallest absolute Gasteiger partial charge is 0.339 e. The molecule has 13 heteroatoms. The van der Waals surface area contributed by atoms with Crippen LogP contribution in [-0.2, 0) is 6.54 Å². The molecule has 2 N–H and O–H groups in total. The summed E-state index contributed by atoms with van der Waals surface area (Å²) >= 11 is 12.0. The number of aromatic nitrogens is 4. The van der Waals surface area contributed by atoms with Crippen LogP contribution >= 0.6 is 23.2 Å². The van der Waals surface area contributed by atoms with E-state index in [0.717, 1.165) is 12.6 Å². The molecule has 2 aromatic carbocycles. The quantitative estimate of drug-likeness (QED) is 0.214. The van der Waals surface area contributed by atoms with Crippen LogP contribution in [0.2, 0.25) is 10.0 Å². The lowest BCUT2D eigenvalue weighted by Gasteiger charge is -2.12. The number of carbonyl (C=O) groups is 1. The second-order valence-corrected chi connectivity index (χ2v) is 9.03. The summed E-state index contributed by atoms with van der Waals surface area (Å²) in [5, 5.41) is 15.1. The van der Waals surface area contributed by atoms with Gasteiger partial charge in [0.05, 0.1) is 16.3 Å². The zero-order chi connectivity index (χ0) is 27.1. The summed E-state index contributed by atoms with van der Waals surface area (Å²) in [7, 11) is 3.96. The number of carbonyl (C=O) groups excluding carboxylic acids is 1. The minimum Gasteiger partial charge on any atom is -0.454 e. The van der Waals surface area contributed by atoms with E-state index in [0.29, 0.717) is 39.4 Å². The van der Waals surface area contributed by atoms with Crippen LogP contribution in [-0.4, -0.2) is 57.5 Å². The number of hydrogen-bond donors (Lipinski definition) is 2. The SMILES string of the molecule is CN(C)CCn1cnnc1-c1cc(Oc2ccc(NC(=O)N/N=C/c3cccc(Cl)c3Cl)cc2F)ccn1. The maximum Gasteiger partial charge on any atom is 0.339 e. The van der Waals surface area contributed by atoms with Crippen molar-refractivity contribution in [1.29, 1.82) is 0 Å². The number of anilines is 1. The number of nitrogens with zero attached hydrogens (tertiary/aromatic N) is 6. The fourth-order valence-electron chi connectivity index (χ4n) is 3.25. The van der Waals surface area contributed by atoms with Gasteiger partial charge in [0.2, 0.25) is 0 Å². The molecule has 0 aliphatic carbocycles. The van der Waals surface area contributed by atoms with Crippen molar-refractivity contribution in [3.63, 3.8) is 0 Å². The average molecular weight is 557 g/mol. The Labute approximate surface area is 228 Å². The highest BCUT2D eigenvalue weighted by Crippen LogP contribution is 2.29. The van der Waals surface area contributed by atoms with E-state index in [1.165, 1.54) is 18.3 Å². The lowest BCUT2D eigenvalue weighted by molar-refractivity contribution is 0.252. The number of ether oxygens (including phenoxy) is 1. The van der Waals surface area contributed by atoms with Crippen LogP contribution in [0.25, 0.3) is 11.5 Å². The van der Waals surface area contributed by atoms with Gasteiger partial charge in [-0.25, -0.2) is 14.6 Å². The highest BCUT2D eigenvalue weighted by molar-refractivity contribution is 6.43. The number of benzene rings is 2. The fourth-order valence-corrected chi connectivity index (χ4v) is 3.61. The van der Waals surface area contributed by atoms with E-state index in [-0.39, 0.29) is 11.4 Å². The Morgan fingerprint density at radius 2 is 2.05 bits per heavy atom. The third-order valence-corrected chi connectivity index (χ3v) is 5.97. The van der Waals surface area contributed by atoms with Crippen LogP contribution in [0, 0.1) is 5.82 Å². The molecule has 0 fully saturated rings. The molecule has 4 rings (SSSR count). The van der Waals surface area contributed by atoms with Gasteiger partial charge in [0.15, 0.2) is 17.4 Å². The Morgan fingerprint density at radius 3 is 2.84 bits per heavy atom. The summed E-state index contributed by atoms with van der Waals surface area (Å²) in [5.41, 5.74) is 3.55. The minimum atomic E-state index is -0.676.